The summed E-state index contributed by atoms with van der Waals surface area (Å²) in [5.74, 6) is 0. The molecule has 0 fully saturated rings. The summed E-state index contributed by atoms with van der Waals surface area (Å²) in [4.78, 5) is 0. The number of hydrogen-bond donors (Lipinski definition) is 1. The van der Waals surface area contributed by atoms with E-state index in [1.54, 1.807) is 27.4 Å². The minimum Gasteiger partial charge on any atom is -0.376 e. The van der Waals surface area contributed by atoms with Crippen LogP contribution in [0.3, 0.4) is 0 Å². The van der Waals surface area contributed by atoms with Crippen molar-refractivity contribution in [3.63, 3.8) is 0 Å². The van der Waals surface area contributed by atoms with Gasteiger partial charge in [0.1, 0.15) is 5.16 Å². The van der Waals surface area contributed by atoms with Crippen molar-refractivity contribution in [3.8, 4) is 0 Å². The molecule has 84 valence electrons. The molecule has 0 aromatic rings. The fourth-order valence-corrected chi connectivity index (χ4v) is 4.06. The molecule has 0 bridgehead atoms. The molecule has 0 rings (SSSR count). The number of rotatable bonds is 7. The van der Waals surface area contributed by atoms with Gasteiger partial charge in [-0.2, -0.15) is 0 Å². The van der Waals surface area contributed by atoms with Crippen LogP contribution in [0, 0.1) is 0 Å². The molecule has 0 aliphatic rings. The Hall–Kier alpha value is -0.203. The molecule has 0 spiro atoms. The van der Waals surface area contributed by atoms with Crippen LogP contribution in [-0.4, -0.2) is 35.3 Å². The average Bonchev–Trinajstić information content (AvgIpc) is 2.21. The van der Waals surface area contributed by atoms with Crippen LogP contribution >= 0.6 is 0 Å². The maximum absolute atomic E-state index is 6.19. The summed E-state index contributed by atoms with van der Waals surface area (Å²) < 4.78 is 16.0. The molecule has 1 atom stereocenters. The van der Waals surface area contributed by atoms with Gasteiger partial charge in [0.15, 0.2) is 0 Å². The van der Waals surface area contributed by atoms with E-state index in [2.05, 4.69) is 6.58 Å². The Kier molecular flexibility index (Phi) is 5.54. The molecule has 4 nitrogen and oxygen atoms in total. The molecule has 5 heteroatoms. The summed E-state index contributed by atoms with van der Waals surface area (Å²) in [6.45, 7) is 5.78. The summed E-state index contributed by atoms with van der Waals surface area (Å²) in [5.41, 5.74) is 6.19. The highest BCUT2D eigenvalue weighted by molar-refractivity contribution is 6.65. The Morgan fingerprint density at radius 3 is 1.93 bits per heavy atom. The maximum atomic E-state index is 6.19. The van der Waals surface area contributed by atoms with E-state index >= 15 is 0 Å². The topological polar surface area (TPSA) is 53.7 Å². The lowest BCUT2D eigenvalue weighted by Gasteiger charge is -2.38. The fourth-order valence-electron chi connectivity index (χ4n) is 1.61. The van der Waals surface area contributed by atoms with E-state index in [1.165, 1.54) is 0 Å². The van der Waals surface area contributed by atoms with E-state index in [9.17, 15) is 0 Å². The summed E-state index contributed by atoms with van der Waals surface area (Å²) in [6.07, 6.45) is 3.32. The Balaban J connectivity index is 5.00. The Morgan fingerprint density at radius 1 is 1.29 bits per heavy atom. The van der Waals surface area contributed by atoms with E-state index in [0.29, 0.717) is 0 Å². The Labute approximate surface area is 87.4 Å². The van der Waals surface area contributed by atoms with Crippen LogP contribution < -0.4 is 5.73 Å². The van der Waals surface area contributed by atoms with Crippen molar-refractivity contribution in [1.29, 1.82) is 0 Å². The van der Waals surface area contributed by atoms with Crippen molar-refractivity contribution in [3.05, 3.63) is 12.7 Å². The van der Waals surface area contributed by atoms with Crippen LogP contribution in [0.25, 0.3) is 0 Å². The van der Waals surface area contributed by atoms with E-state index in [0.717, 1.165) is 12.8 Å². The third-order valence-corrected chi connectivity index (χ3v) is 5.61. The molecule has 1 unspecified atom stereocenters. The molecular weight excluding hydrogens is 198 g/mol. The second-order valence-electron chi connectivity index (χ2n) is 3.16. The molecule has 2 N–H and O–H groups in total. The smallest absolute Gasteiger partial charge is 0.376 e. The van der Waals surface area contributed by atoms with Crippen molar-refractivity contribution < 1.29 is 13.3 Å². The highest BCUT2D eigenvalue weighted by Gasteiger charge is 2.55. The fraction of sp³-hybridized carbons (Fsp3) is 0.778. The first-order valence-electron chi connectivity index (χ1n) is 4.63. The minimum atomic E-state index is -2.83. The third-order valence-electron chi connectivity index (χ3n) is 2.40. The van der Waals surface area contributed by atoms with Gasteiger partial charge in [-0.1, -0.05) is 19.4 Å². The van der Waals surface area contributed by atoms with Crippen LogP contribution in [0.4, 0.5) is 0 Å². The predicted octanol–water partition coefficient (Wildman–Crippen LogP) is 1.09. The third kappa shape index (κ3) is 2.24. The molecule has 0 aliphatic heterocycles. The molecule has 14 heavy (non-hydrogen) atoms. The summed E-state index contributed by atoms with van der Waals surface area (Å²) in [7, 11) is 1.83. The summed E-state index contributed by atoms with van der Waals surface area (Å²) in [6, 6.07) is 0. The zero-order valence-corrected chi connectivity index (χ0v) is 10.5. The van der Waals surface area contributed by atoms with Crippen molar-refractivity contribution in [1.82, 2.24) is 0 Å². The molecular formula is C9H21NO3Si. The average molecular weight is 219 g/mol. The van der Waals surface area contributed by atoms with Gasteiger partial charge in [0, 0.05) is 21.3 Å². The first kappa shape index (κ1) is 13.8. The van der Waals surface area contributed by atoms with E-state index in [1.807, 2.05) is 6.92 Å². The lowest BCUT2D eigenvalue weighted by Crippen LogP contribution is -2.67. The van der Waals surface area contributed by atoms with Crippen molar-refractivity contribution in [2.24, 2.45) is 5.73 Å². The monoisotopic (exact) mass is 219 g/mol. The molecule has 0 aromatic carbocycles. The second kappa shape index (κ2) is 5.62. The molecule has 0 amide bonds. The van der Waals surface area contributed by atoms with Gasteiger partial charge in [0.25, 0.3) is 0 Å². The van der Waals surface area contributed by atoms with E-state index in [4.69, 9.17) is 19.0 Å². The molecule has 0 radical (unpaired) electrons. The molecule has 0 aliphatic carbocycles. The van der Waals surface area contributed by atoms with Gasteiger partial charge in [-0.05, 0) is 6.42 Å². The van der Waals surface area contributed by atoms with Gasteiger partial charge in [-0.25, -0.2) is 0 Å². The zero-order valence-electron chi connectivity index (χ0n) is 9.50. The van der Waals surface area contributed by atoms with Gasteiger partial charge in [-0.15, -0.1) is 6.58 Å². The van der Waals surface area contributed by atoms with Gasteiger partial charge >= 0.3 is 8.80 Å². The highest BCUT2D eigenvalue weighted by atomic mass is 28.4. The van der Waals surface area contributed by atoms with Crippen LogP contribution in [0.2, 0.25) is 0 Å². The number of nitrogens with two attached hydrogens (primary N) is 1. The normalized spacial score (nSPS) is 16.4. The van der Waals surface area contributed by atoms with Gasteiger partial charge in [-0.3, -0.25) is 0 Å². The van der Waals surface area contributed by atoms with Gasteiger partial charge in [0.2, 0.25) is 0 Å². The van der Waals surface area contributed by atoms with Crippen molar-refractivity contribution in [2.45, 2.75) is 24.9 Å². The first-order chi connectivity index (χ1) is 6.55. The first-order valence-corrected chi connectivity index (χ1v) is 6.36. The second-order valence-corrected chi connectivity index (χ2v) is 6.43. The van der Waals surface area contributed by atoms with E-state index < -0.39 is 14.0 Å². The standard InChI is InChI=1S/C9H21NO3Si/c1-6-8-9(10,7-2)14(11-3,12-4)13-5/h7H,2,6,8,10H2,1,3-5H3. The minimum absolute atomic E-state index is 0.708. The Morgan fingerprint density at radius 2 is 1.71 bits per heavy atom. The van der Waals surface area contributed by atoms with Crippen molar-refractivity contribution in [2.75, 3.05) is 21.3 Å². The lowest BCUT2D eigenvalue weighted by atomic mass is 10.2. The van der Waals surface area contributed by atoms with Gasteiger partial charge in [0.05, 0.1) is 0 Å². The summed E-state index contributed by atoms with van der Waals surface area (Å²) in [5, 5.41) is -0.708. The number of hydrogen-bond acceptors (Lipinski definition) is 4. The predicted molar refractivity (Wildman–Crippen MR) is 58.8 cm³/mol. The van der Waals surface area contributed by atoms with E-state index in [-0.39, 0.29) is 0 Å². The van der Waals surface area contributed by atoms with Crippen LogP contribution in [0.1, 0.15) is 19.8 Å². The van der Waals surface area contributed by atoms with Crippen molar-refractivity contribution >= 4 is 8.80 Å². The van der Waals surface area contributed by atoms with Crippen LogP contribution in [0.5, 0.6) is 0 Å². The molecule has 0 heterocycles. The maximum Gasteiger partial charge on any atom is 0.525 e. The summed E-state index contributed by atoms with van der Waals surface area (Å²) >= 11 is 0. The largest absolute Gasteiger partial charge is 0.525 e. The SMILES string of the molecule is C=CC(N)(CCC)[Si](OC)(OC)OC. The van der Waals surface area contributed by atoms with Crippen LogP contribution in [-0.2, 0) is 13.3 Å². The zero-order chi connectivity index (χ0) is 11.2. The molecule has 0 saturated carbocycles. The quantitative estimate of drug-likeness (QED) is 0.514. The van der Waals surface area contributed by atoms with Crippen LogP contribution in [0.15, 0.2) is 12.7 Å². The van der Waals surface area contributed by atoms with Gasteiger partial charge < -0.3 is 19.0 Å². The molecule has 0 saturated heterocycles. The Bertz CT molecular complexity index is 177. The lowest BCUT2D eigenvalue weighted by molar-refractivity contribution is 0.0985. The highest BCUT2D eigenvalue weighted by Crippen LogP contribution is 2.26. The molecule has 0 aromatic heterocycles.